The molecule has 0 saturated carbocycles. The topological polar surface area (TPSA) is 35.5 Å². The maximum absolute atomic E-state index is 11.3. The molecule has 17 heavy (non-hydrogen) atoms. The zero-order valence-electron chi connectivity index (χ0n) is 10.2. The van der Waals surface area contributed by atoms with Gasteiger partial charge in [-0.2, -0.15) is 0 Å². The average molecular weight is 257 g/mol. The molecule has 1 aromatic carbocycles. The SMILES string of the molecule is CCCOc1ccc(OCCC)c(C(=O)Cl)c1. The van der Waals surface area contributed by atoms with Crippen molar-refractivity contribution in [3.8, 4) is 11.5 Å². The van der Waals surface area contributed by atoms with Gasteiger partial charge in [0, 0.05) is 0 Å². The van der Waals surface area contributed by atoms with Crippen LogP contribution in [0.25, 0.3) is 0 Å². The highest BCUT2D eigenvalue weighted by atomic mass is 35.5. The maximum atomic E-state index is 11.3. The van der Waals surface area contributed by atoms with E-state index in [2.05, 4.69) is 0 Å². The van der Waals surface area contributed by atoms with Crippen molar-refractivity contribution in [1.29, 1.82) is 0 Å². The van der Waals surface area contributed by atoms with Gasteiger partial charge in [0.2, 0.25) is 0 Å². The van der Waals surface area contributed by atoms with E-state index in [0.29, 0.717) is 30.3 Å². The van der Waals surface area contributed by atoms with Crippen LogP contribution in [0.3, 0.4) is 0 Å². The van der Waals surface area contributed by atoms with Crippen LogP contribution in [0, 0.1) is 0 Å². The largest absolute Gasteiger partial charge is 0.494 e. The highest BCUT2D eigenvalue weighted by Crippen LogP contribution is 2.26. The second kappa shape index (κ2) is 7.17. The van der Waals surface area contributed by atoms with Gasteiger partial charge in [-0.1, -0.05) is 13.8 Å². The molecule has 0 fully saturated rings. The summed E-state index contributed by atoms with van der Waals surface area (Å²) in [5, 5.41) is -0.530. The minimum atomic E-state index is -0.530. The number of hydrogen-bond acceptors (Lipinski definition) is 3. The lowest BCUT2D eigenvalue weighted by atomic mass is 10.2. The molecule has 0 amide bonds. The highest BCUT2D eigenvalue weighted by Gasteiger charge is 2.11. The Kier molecular flexibility index (Phi) is 5.84. The van der Waals surface area contributed by atoms with Crippen molar-refractivity contribution in [2.45, 2.75) is 26.7 Å². The molecule has 0 N–H and O–H groups in total. The molecule has 1 aromatic rings. The second-order valence-corrected chi connectivity index (χ2v) is 3.97. The van der Waals surface area contributed by atoms with E-state index in [4.69, 9.17) is 21.1 Å². The molecule has 0 aliphatic heterocycles. The van der Waals surface area contributed by atoms with Crippen molar-refractivity contribution in [3.63, 3.8) is 0 Å². The summed E-state index contributed by atoms with van der Waals surface area (Å²) in [5.41, 5.74) is 0.355. The molecule has 3 nitrogen and oxygen atoms in total. The zero-order valence-corrected chi connectivity index (χ0v) is 10.9. The Labute approximate surface area is 107 Å². The van der Waals surface area contributed by atoms with Gasteiger partial charge in [0.05, 0.1) is 18.8 Å². The van der Waals surface area contributed by atoms with Crippen molar-refractivity contribution in [3.05, 3.63) is 23.8 Å². The minimum Gasteiger partial charge on any atom is -0.494 e. The van der Waals surface area contributed by atoms with E-state index >= 15 is 0 Å². The van der Waals surface area contributed by atoms with Gasteiger partial charge < -0.3 is 9.47 Å². The fourth-order valence-corrected chi connectivity index (χ4v) is 1.46. The number of ether oxygens (including phenoxy) is 2. The van der Waals surface area contributed by atoms with E-state index in [1.165, 1.54) is 0 Å². The molecule has 0 heterocycles. The van der Waals surface area contributed by atoms with Gasteiger partial charge in [0.15, 0.2) is 0 Å². The van der Waals surface area contributed by atoms with E-state index < -0.39 is 5.24 Å². The van der Waals surface area contributed by atoms with Crippen LogP contribution in [0.2, 0.25) is 0 Å². The van der Waals surface area contributed by atoms with Crippen LogP contribution < -0.4 is 9.47 Å². The van der Waals surface area contributed by atoms with Crippen molar-refractivity contribution in [1.82, 2.24) is 0 Å². The molecule has 1 rings (SSSR count). The van der Waals surface area contributed by atoms with E-state index in [1.54, 1.807) is 18.2 Å². The molecule has 0 radical (unpaired) electrons. The summed E-state index contributed by atoms with van der Waals surface area (Å²) in [6.07, 6.45) is 1.79. The van der Waals surface area contributed by atoms with Gasteiger partial charge in [-0.25, -0.2) is 0 Å². The summed E-state index contributed by atoms with van der Waals surface area (Å²) in [7, 11) is 0. The lowest BCUT2D eigenvalue weighted by Gasteiger charge is -2.10. The van der Waals surface area contributed by atoms with Crippen LogP contribution in [-0.4, -0.2) is 18.5 Å². The van der Waals surface area contributed by atoms with Crippen LogP contribution in [0.15, 0.2) is 18.2 Å². The average Bonchev–Trinajstić information content (AvgIpc) is 2.34. The van der Waals surface area contributed by atoms with Crippen LogP contribution in [0.5, 0.6) is 11.5 Å². The van der Waals surface area contributed by atoms with Crippen molar-refractivity contribution < 1.29 is 14.3 Å². The Bertz CT molecular complexity index is 377. The van der Waals surface area contributed by atoms with Gasteiger partial charge in [0.25, 0.3) is 5.24 Å². The first-order chi connectivity index (χ1) is 8.19. The zero-order chi connectivity index (χ0) is 12.7. The highest BCUT2D eigenvalue weighted by molar-refractivity contribution is 6.68. The summed E-state index contributed by atoms with van der Waals surface area (Å²) in [5.74, 6) is 1.15. The van der Waals surface area contributed by atoms with Gasteiger partial charge in [-0.05, 0) is 42.6 Å². The molecule has 0 spiro atoms. The van der Waals surface area contributed by atoms with E-state index in [1.807, 2.05) is 13.8 Å². The lowest BCUT2D eigenvalue weighted by Crippen LogP contribution is -2.02. The van der Waals surface area contributed by atoms with Crippen molar-refractivity contribution in [2.75, 3.05) is 13.2 Å². The summed E-state index contributed by atoms with van der Waals surface area (Å²) in [6, 6.07) is 5.12. The summed E-state index contributed by atoms with van der Waals surface area (Å²) in [6.45, 7) is 5.20. The molecule has 0 atom stereocenters. The molecule has 0 saturated heterocycles. The normalized spacial score (nSPS) is 10.1. The number of carbonyl (C=O) groups excluding carboxylic acids is 1. The third-order valence-electron chi connectivity index (χ3n) is 2.10. The summed E-state index contributed by atoms with van der Waals surface area (Å²) < 4.78 is 10.9. The molecule has 4 heteroatoms. The van der Waals surface area contributed by atoms with Crippen molar-refractivity contribution >= 4 is 16.8 Å². The van der Waals surface area contributed by atoms with Crippen LogP contribution >= 0.6 is 11.6 Å². The molecule has 0 aliphatic rings. The Balaban J connectivity index is 2.87. The third kappa shape index (κ3) is 4.27. The maximum Gasteiger partial charge on any atom is 0.256 e. The van der Waals surface area contributed by atoms with E-state index in [0.717, 1.165) is 12.8 Å². The standard InChI is InChI=1S/C13H17ClO3/c1-3-7-16-10-5-6-12(17-8-4-2)11(9-10)13(14)15/h5-6,9H,3-4,7-8H2,1-2H3. The molecular formula is C13H17ClO3. The van der Waals surface area contributed by atoms with Gasteiger partial charge in [-0.15, -0.1) is 0 Å². The Morgan fingerprint density at radius 2 is 1.82 bits per heavy atom. The van der Waals surface area contributed by atoms with E-state index in [9.17, 15) is 4.79 Å². The number of benzene rings is 1. The number of carbonyl (C=O) groups is 1. The lowest BCUT2D eigenvalue weighted by molar-refractivity contribution is 0.107. The van der Waals surface area contributed by atoms with Crippen LogP contribution in [0.4, 0.5) is 0 Å². The molecule has 0 aromatic heterocycles. The Hall–Kier alpha value is -1.22. The number of halogens is 1. The quantitative estimate of drug-likeness (QED) is 0.699. The second-order valence-electron chi connectivity index (χ2n) is 3.63. The predicted octanol–water partition coefficient (Wildman–Crippen LogP) is 3.64. The van der Waals surface area contributed by atoms with Gasteiger partial charge in [-0.3, -0.25) is 4.79 Å². The first-order valence-corrected chi connectivity index (χ1v) is 6.16. The Morgan fingerprint density at radius 3 is 2.41 bits per heavy atom. The predicted molar refractivity (Wildman–Crippen MR) is 68.2 cm³/mol. The summed E-state index contributed by atoms with van der Waals surface area (Å²) in [4.78, 5) is 11.3. The Morgan fingerprint density at radius 1 is 1.18 bits per heavy atom. The number of rotatable bonds is 7. The van der Waals surface area contributed by atoms with Crippen LogP contribution in [-0.2, 0) is 0 Å². The third-order valence-corrected chi connectivity index (χ3v) is 2.30. The molecular weight excluding hydrogens is 240 g/mol. The summed E-state index contributed by atoms with van der Waals surface area (Å²) >= 11 is 5.52. The van der Waals surface area contributed by atoms with Crippen LogP contribution in [0.1, 0.15) is 37.0 Å². The first-order valence-electron chi connectivity index (χ1n) is 5.78. The smallest absolute Gasteiger partial charge is 0.256 e. The van der Waals surface area contributed by atoms with Gasteiger partial charge in [0.1, 0.15) is 11.5 Å². The van der Waals surface area contributed by atoms with Crippen molar-refractivity contribution in [2.24, 2.45) is 0 Å². The fourth-order valence-electron chi connectivity index (χ4n) is 1.31. The van der Waals surface area contributed by atoms with Gasteiger partial charge >= 0.3 is 0 Å². The van der Waals surface area contributed by atoms with E-state index in [-0.39, 0.29) is 0 Å². The number of hydrogen-bond donors (Lipinski definition) is 0. The monoisotopic (exact) mass is 256 g/mol. The fraction of sp³-hybridized carbons (Fsp3) is 0.462. The molecule has 0 aliphatic carbocycles. The molecule has 0 bridgehead atoms. The molecule has 94 valence electrons. The first kappa shape index (κ1) is 13.8. The minimum absolute atomic E-state index is 0.355. The molecule has 0 unspecified atom stereocenters.